The van der Waals surface area contributed by atoms with Crippen LogP contribution in [0.2, 0.25) is 19.6 Å². The highest BCUT2D eigenvalue weighted by atomic mass is 28.4. The first kappa shape index (κ1) is 21.7. The van der Waals surface area contributed by atoms with Gasteiger partial charge in [0.2, 0.25) is 0 Å². The number of hydrogen-bond acceptors (Lipinski definition) is 3. The maximum absolute atomic E-state index is 10.3. The van der Waals surface area contributed by atoms with E-state index in [1.54, 1.807) is 0 Å². The van der Waals surface area contributed by atoms with Gasteiger partial charge in [0, 0.05) is 12.3 Å². The number of nitrogens with zero attached hydrogens (tertiary/aromatic N) is 1. The maximum atomic E-state index is 10.3. The first-order chi connectivity index (χ1) is 12.5. The topological polar surface area (TPSA) is 42.2 Å². The van der Waals surface area contributed by atoms with Crippen molar-refractivity contribution in [2.75, 3.05) is 0 Å². The van der Waals surface area contributed by atoms with Crippen LogP contribution in [0.15, 0.2) is 42.2 Å². The van der Waals surface area contributed by atoms with Gasteiger partial charge in [-0.05, 0) is 63.4 Å². The van der Waals surface area contributed by atoms with Crippen LogP contribution in [-0.4, -0.2) is 20.0 Å². The molecule has 2 unspecified atom stereocenters. The van der Waals surface area contributed by atoms with Gasteiger partial charge in [-0.15, -0.1) is 0 Å². The van der Waals surface area contributed by atoms with E-state index in [1.807, 2.05) is 26.0 Å². The van der Waals surface area contributed by atoms with Crippen LogP contribution < -0.4 is 0 Å². The zero-order valence-electron chi connectivity index (χ0n) is 18.0. The molecule has 0 saturated carbocycles. The molecule has 4 heteroatoms. The largest absolute Gasteiger partial charge is 0.496 e. The van der Waals surface area contributed by atoms with E-state index in [1.165, 1.54) is 5.56 Å². The Hall–Kier alpha value is -1.57. The lowest BCUT2D eigenvalue weighted by molar-refractivity contribution is -0.0131. The van der Waals surface area contributed by atoms with E-state index in [0.717, 1.165) is 25.0 Å². The Morgan fingerprint density at radius 1 is 1.19 bits per heavy atom. The molecule has 0 aliphatic heterocycles. The number of ether oxygens (including phenoxy) is 1. The van der Waals surface area contributed by atoms with E-state index in [9.17, 15) is 5.26 Å². The van der Waals surface area contributed by atoms with Gasteiger partial charge in [-0.3, -0.25) is 0 Å². The molecule has 2 atom stereocenters. The molecule has 0 spiro atoms. The summed E-state index contributed by atoms with van der Waals surface area (Å²) in [6.07, 6.45) is 4.79. The van der Waals surface area contributed by atoms with Gasteiger partial charge in [-0.25, -0.2) is 0 Å². The molecular weight excluding hydrogens is 350 g/mol. The summed E-state index contributed by atoms with van der Waals surface area (Å²) in [6, 6.07) is 13.1. The summed E-state index contributed by atoms with van der Waals surface area (Å²) in [5.41, 5.74) is 0.301. The molecule has 0 fully saturated rings. The summed E-state index contributed by atoms with van der Waals surface area (Å²) in [5.74, 6) is 1.01. The Bertz CT molecular complexity index is 697. The van der Waals surface area contributed by atoms with Gasteiger partial charge in [0.25, 0.3) is 0 Å². The highest BCUT2D eigenvalue weighted by Crippen LogP contribution is 2.50. The van der Waals surface area contributed by atoms with E-state index in [0.29, 0.717) is 0 Å². The fourth-order valence-electron chi connectivity index (χ4n) is 4.22. The van der Waals surface area contributed by atoms with E-state index >= 15 is 0 Å². The minimum Gasteiger partial charge on any atom is -0.496 e. The molecule has 0 aromatic heterocycles. The normalized spacial score (nSPS) is 25.0. The molecule has 0 N–H and O–H groups in total. The predicted octanol–water partition coefficient (Wildman–Crippen LogP) is 6.09. The van der Waals surface area contributed by atoms with Crippen molar-refractivity contribution in [2.24, 2.45) is 11.3 Å². The zero-order chi connectivity index (χ0) is 20.3. The van der Waals surface area contributed by atoms with Crippen LogP contribution in [0.3, 0.4) is 0 Å². The molecule has 1 aliphatic carbocycles. The fraction of sp³-hybridized carbons (Fsp3) is 0.609. The third-order valence-corrected chi connectivity index (χ3v) is 6.02. The van der Waals surface area contributed by atoms with Crippen LogP contribution in [0.25, 0.3) is 0 Å². The standard InChI is InChI=1S/C23H35NO2Si/c1-18(2)25-20-15-22(3,4)21(14-13-19-11-9-8-10-12-19)23(16-20,17-24)26-27(5,6)7/h8-12,16,18,21H,13-15H2,1-7H3. The number of benzene rings is 1. The zero-order valence-corrected chi connectivity index (χ0v) is 19.0. The molecule has 1 aliphatic rings. The molecule has 3 nitrogen and oxygen atoms in total. The molecule has 0 radical (unpaired) electrons. The van der Waals surface area contributed by atoms with E-state index < -0.39 is 13.9 Å². The summed E-state index contributed by atoms with van der Waals surface area (Å²) < 4.78 is 12.6. The van der Waals surface area contributed by atoms with Gasteiger partial charge in [0.1, 0.15) is 6.07 Å². The summed E-state index contributed by atoms with van der Waals surface area (Å²) in [6.45, 7) is 15.0. The van der Waals surface area contributed by atoms with E-state index in [4.69, 9.17) is 9.16 Å². The molecule has 1 aromatic rings. The van der Waals surface area contributed by atoms with Gasteiger partial charge in [0.05, 0.1) is 11.9 Å². The fourth-order valence-corrected chi connectivity index (χ4v) is 5.48. The Morgan fingerprint density at radius 3 is 2.33 bits per heavy atom. The minimum atomic E-state index is -1.94. The second kappa shape index (κ2) is 8.20. The van der Waals surface area contributed by atoms with Crippen LogP contribution in [0.4, 0.5) is 0 Å². The number of rotatable bonds is 7. The summed E-state index contributed by atoms with van der Waals surface area (Å²) in [4.78, 5) is 0. The number of allylic oxidation sites excluding steroid dienone is 1. The third kappa shape index (κ3) is 5.70. The van der Waals surface area contributed by atoms with Crippen LogP contribution in [0, 0.1) is 22.7 Å². The van der Waals surface area contributed by atoms with Crippen molar-refractivity contribution in [1.82, 2.24) is 0 Å². The Kier molecular flexibility index (Phi) is 6.60. The van der Waals surface area contributed by atoms with Crippen molar-refractivity contribution in [3.63, 3.8) is 0 Å². The Morgan fingerprint density at radius 2 is 1.81 bits per heavy atom. The van der Waals surface area contributed by atoms with Crippen molar-refractivity contribution in [3.05, 3.63) is 47.7 Å². The molecule has 0 heterocycles. The minimum absolute atomic E-state index is 0.0802. The molecule has 0 bridgehead atoms. The van der Waals surface area contributed by atoms with Crippen LogP contribution >= 0.6 is 0 Å². The summed E-state index contributed by atoms with van der Waals surface area (Å²) in [5, 5.41) is 10.3. The Labute approximate surface area is 166 Å². The quantitative estimate of drug-likeness (QED) is 0.533. The monoisotopic (exact) mass is 385 g/mol. The van der Waals surface area contributed by atoms with E-state index in [-0.39, 0.29) is 17.4 Å². The van der Waals surface area contributed by atoms with Gasteiger partial charge in [-0.2, -0.15) is 5.26 Å². The lowest BCUT2D eigenvalue weighted by Gasteiger charge is -2.49. The van der Waals surface area contributed by atoms with Gasteiger partial charge >= 0.3 is 0 Å². The SMILES string of the molecule is CC(C)OC1=CC(C#N)(O[Si](C)(C)C)C(CCc2ccccc2)C(C)(C)C1. The molecule has 1 aromatic carbocycles. The lowest BCUT2D eigenvalue weighted by atomic mass is 9.62. The highest BCUT2D eigenvalue weighted by molar-refractivity contribution is 6.69. The van der Waals surface area contributed by atoms with Crippen molar-refractivity contribution < 1.29 is 9.16 Å². The van der Waals surface area contributed by atoms with Crippen LogP contribution in [0.5, 0.6) is 0 Å². The first-order valence-corrected chi connectivity index (χ1v) is 13.4. The highest BCUT2D eigenvalue weighted by Gasteiger charge is 2.52. The van der Waals surface area contributed by atoms with Crippen molar-refractivity contribution >= 4 is 8.32 Å². The average Bonchev–Trinajstić information content (AvgIpc) is 2.52. The number of nitriles is 1. The first-order valence-electron chi connectivity index (χ1n) is 10.0. The molecule has 148 valence electrons. The second-order valence-electron chi connectivity index (χ2n) is 9.64. The summed E-state index contributed by atoms with van der Waals surface area (Å²) in [7, 11) is -1.94. The van der Waals surface area contributed by atoms with Gasteiger partial charge in [0.15, 0.2) is 13.9 Å². The molecular formula is C23H35NO2Si. The molecule has 2 rings (SSSR count). The van der Waals surface area contributed by atoms with Crippen LogP contribution in [-0.2, 0) is 15.6 Å². The van der Waals surface area contributed by atoms with Gasteiger partial charge < -0.3 is 9.16 Å². The van der Waals surface area contributed by atoms with Crippen molar-refractivity contribution in [2.45, 2.75) is 78.3 Å². The van der Waals surface area contributed by atoms with Crippen molar-refractivity contribution in [3.8, 4) is 6.07 Å². The molecule has 27 heavy (non-hydrogen) atoms. The van der Waals surface area contributed by atoms with E-state index in [2.05, 4.69) is 63.8 Å². The smallest absolute Gasteiger partial charge is 0.186 e. The number of hydrogen-bond donors (Lipinski definition) is 0. The lowest BCUT2D eigenvalue weighted by Crippen LogP contribution is -2.53. The Balaban J connectivity index is 2.42. The average molecular weight is 386 g/mol. The predicted molar refractivity (Wildman–Crippen MR) is 114 cm³/mol. The molecule has 0 saturated heterocycles. The maximum Gasteiger partial charge on any atom is 0.186 e. The van der Waals surface area contributed by atoms with Gasteiger partial charge in [-0.1, -0.05) is 44.2 Å². The molecule has 0 amide bonds. The van der Waals surface area contributed by atoms with Crippen molar-refractivity contribution in [1.29, 1.82) is 5.26 Å². The summed E-state index contributed by atoms with van der Waals surface area (Å²) >= 11 is 0. The van der Waals surface area contributed by atoms with Crippen LogP contribution in [0.1, 0.15) is 46.1 Å². The third-order valence-electron chi connectivity index (χ3n) is 5.07. The number of aryl methyl sites for hydroxylation is 1. The second-order valence-corrected chi connectivity index (χ2v) is 14.1.